The third-order valence-corrected chi connectivity index (χ3v) is 3.29. The fourth-order valence-electron chi connectivity index (χ4n) is 2.34. The molecule has 2 rings (SSSR count). The Labute approximate surface area is 98.5 Å². The first-order valence-corrected chi connectivity index (χ1v) is 6.13. The highest BCUT2D eigenvalue weighted by molar-refractivity contribution is 5.26. The van der Waals surface area contributed by atoms with Gasteiger partial charge in [-0.3, -0.25) is 0 Å². The maximum atomic E-state index is 5.65. The Morgan fingerprint density at radius 1 is 1.12 bits per heavy atom. The SMILES string of the molecule is C#CC(CN1CCCCC1)c1ccccc1. The number of piperidine rings is 1. The summed E-state index contributed by atoms with van der Waals surface area (Å²) in [5, 5.41) is 0. The van der Waals surface area contributed by atoms with E-state index in [2.05, 4.69) is 35.1 Å². The molecule has 1 aliphatic rings. The molecule has 0 aliphatic carbocycles. The maximum absolute atomic E-state index is 5.65. The van der Waals surface area contributed by atoms with Crippen LogP contribution in [0.15, 0.2) is 30.3 Å². The first-order valence-electron chi connectivity index (χ1n) is 6.13. The van der Waals surface area contributed by atoms with Crippen LogP contribution in [0.5, 0.6) is 0 Å². The van der Waals surface area contributed by atoms with E-state index in [-0.39, 0.29) is 5.92 Å². The van der Waals surface area contributed by atoms with E-state index in [1.807, 2.05) is 6.07 Å². The molecule has 1 saturated heterocycles. The van der Waals surface area contributed by atoms with E-state index in [1.165, 1.54) is 37.9 Å². The van der Waals surface area contributed by atoms with Crippen LogP contribution in [0.1, 0.15) is 30.7 Å². The maximum Gasteiger partial charge on any atom is 0.0576 e. The van der Waals surface area contributed by atoms with E-state index in [1.54, 1.807) is 0 Å². The molecule has 1 fully saturated rings. The van der Waals surface area contributed by atoms with Crippen molar-refractivity contribution < 1.29 is 0 Å². The lowest BCUT2D eigenvalue weighted by atomic mass is 9.98. The third-order valence-electron chi connectivity index (χ3n) is 3.29. The molecule has 84 valence electrons. The molecule has 0 aromatic heterocycles. The van der Waals surface area contributed by atoms with Crippen molar-refractivity contribution in [3.63, 3.8) is 0 Å². The van der Waals surface area contributed by atoms with Gasteiger partial charge < -0.3 is 4.90 Å². The first-order chi connectivity index (χ1) is 7.90. The van der Waals surface area contributed by atoms with Crippen molar-refractivity contribution >= 4 is 0 Å². The number of nitrogens with zero attached hydrogens (tertiary/aromatic N) is 1. The highest BCUT2D eigenvalue weighted by atomic mass is 15.1. The number of likely N-dealkylation sites (tertiary alicyclic amines) is 1. The van der Waals surface area contributed by atoms with Gasteiger partial charge in [0.15, 0.2) is 0 Å². The summed E-state index contributed by atoms with van der Waals surface area (Å²) < 4.78 is 0. The predicted molar refractivity (Wildman–Crippen MR) is 68.3 cm³/mol. The molecule has 1 unspecified atom stereocenters. The summed E-state index contributed by atoms with van der Waals surface area (Å²) >= 11 is 0. The van der Waals surface area contributed by atoms with Gasteiger partial charge in [0.2, 0.25) is 0 Å². The average Bonchev–Trinajstić information content (AvgIpc) is 2.38. The van der Waals surface area contributed by atoms with Crippen LogP contribution in [0.3, 0.4) is 0 Å². The molecule has 1 heteroatoms. The van der Waals surface area contributed by atoms with Crippen LogP contribution in [0, 0.1) is 12.3 Å². The van der Waals surface area contributed by atoms with Gasteiger partial charge in [0, 0.05) is 6.54 Å². The molecule has 0 amide bonds. The number of hydrogen-bond donors (Lipinski definition) is 0. The highest BCUT2D eigenvalue weighted by Gasteiger charge is 2.15. The van der Waals surface area contributed by atoms with Gasteiger partial charge >= 0.3 is 0 Å². The summed E-state index contributed by atoms with van der Waals surface area (Å²) in [6.07, 6.45) is 9.67. The van der Waals surface area contributed by atoms with Gasteiger partial charge in [0.1, 0.15) is 0 Å². The molecule has 1 aromatic carbocycles. The molecule has 1 nitrogen and oxygen atoms in total. The molecule has 0 saturated carbocycles. The monoisotopic (exact) mass is 213 g/mol. The highest BCUT2D eigenvalue weighted by Crippen LogP contribution is 2.18. The molecule has 0 N–H and O–H groups in total. The number of terminal acetylenes is 1. The minimum Gasteiger partial charge on any atom is -0.302 e. The van der Waals surface area contributed by atoms with Crippen LogP contribution in [-0.2, 0) is 0 Å². The summed E-state index contributed by atoms with van der Waals surface area (Å²) in [5.41, 5.74) is 1.27. The zero-order valence-electron chi connectivity index (χ0n) is 9.73. The lowest BCUT2D eigenvalue weighted by molar-refractivity contribution is 0.225. The van der Waals surface area contributed by atoms with Crippen molar-refractivity contribution in [2.75, 3.05) is 19.6 Å². The van der Waals surface area contributed by atoms with Gasteiger partial charge in [0.25, 0.3) is 0 Å². The third kappa shape index (κ3) is 2.87. The summed E-state index contributed by atoms with van der Waals surface area (Å²) in [6.45, 7) is 3.44. The molecule has 0 bridgehead atoms. The summed E-state index contributed by atoms with van der Waals surface area (Å²) in [4.78, 5) is 2.50. The largest absolute Gasteiger partial charge is 0.302 e. The van der Waals surface area contributed by atoms with Crippen LogP contribution in [0.4, 0.5) is 0 Å². The minimum absolute atomic E-state index is 0.249. The molecule has 1 atom stereocenters. The van der Waals surface area contributed by atoms with E-state index in [4.69, 9.17) is 6.42 Å². The summed E-state index contributed by atoms with van der Waals surface area (Å²) in [6, 6.07) is 10.4. The topological polar surface area (TPSA) is 3.24 Å². The second kappa shape index (κ2) is 5.72. The van der Waals surface area contributed by atoms with Gasteiger partial charge in [-0.15, -0.1) is 6.42 Å². The fourth-order valence-corrected chi connectivity index (χ4v) is 2.34. The molecule has 0 spiro atoms. The van der Waals surface area contributed by atoms with E-state index in [9.17, 15) is 0 Å². The zero-order chi connectivity index (χ0) is 11.2. The Kier molecular flexibility index (Phi) is 4.02. The van der Waals surface area contributed by atoms with Crippen molar-refractivity contribution in [3.8, 4) is 12.3 Å². The zero-order valence-corrected chi connectivity index (χ0v) is 9.73. The Hall–Kier alpha value is -1.26. The smallest absolute Gasteiger partial charge is 0.0576 e. The molecule has 1 aromatic rings. The van der Waals surface area contributed by atoms with Crippen molar-refractivity contribution in [3.05, 3.63) is 35.9 Å². The van der Waals surface area contributed by atoms with Crippen LogP contribution >= 0.6 is 0 Å². The van der Waals surface area contributed by atoms with Gasteiger partial charge in [-0.25, -0.2) is 0 Å². The molecule has 0 radical (unpaired) electrons. The van der Waals surface area contributed by atoms with Crippen LogP contribution in [0.2, 0.25) is 0 Å². The van der Waals surface area contributed by atoms with Crippen molar-refractivity contribution in [1.29, 1.82) is 0 Å². The Bertz CT molecular complexity index is 343. The quantitative estimate of drug-likeness (QED) is 0.698. The molecule has 1 aliphatic heterocycles. The lowest BCUT2D eigenvalue weighted by Crippen LogP contribution is -2.33. The Morgan fingerprint density at radius 2 is 1.81 bits per heavy atom. The van der Waals surface area contributed by atoms with Crippen LogP contribution in [0.25, 0.3) is 0 Å². The van der Waals surface area contributed by atoms with Gasteiger partial charge in [-0.2, -0.15) is 0 Å². The van der Waals surface area contributed by atoms with E-state index in [0.29, 0.717) is 0 Å². The second-order valence-electron chi connectivity index (χ2n) is 4.49. The molecule has 1 heterocycles. The number of benzene rings is 1. The second-order valence-corrected chi connectivity index (χ2v) is 4.49. The first kappa shape index (κ1) is 11.2. The summed E-state index contributed by atoms with van der Waals surface area (Å²) in [7, 11) is 0. The fraction of sp³-hybridized carbons (Fsp3) is 0.467. The van der Waals surface area contributed by atoms with E-state index >= 15 is 0 Å². The number of hydrogen-bond acceptors (Lipinski definition) is 1. The van der Waals surface area contributed by atoms with Gasteiger partial charge in [-0.05, 0) is 31.5 Å². The van der Waals surface area contributed by atoms with E-state index < -0.39 is 0 Å². The van der Waals surface area contributed by atoms with Crippen molar-refractivity contribution in [2.45, 2.75) is 25.2 Å². The van der Waals surface area contributed by atoms with Crippen LogP contribution < -0.4 is 0 Å². The van der Waals surface area contributed by atoms with Crippen LogP contribution in [-0.4, -0.2) is 24.5 Å². The minimum atomic E-state index is 0.249. The predicted octanol–water partition coefficient (Wildman–Crippen LogP) is 2.89. The Balaban J connectivity index is 1.98. The van der Waals surface area contributed by atoms with Gasteiger partial charge in [-0.1, -0.05) is 42.7 Å². The normalized spacial score (nSPS) is 18.9. The van der Waals surface area contributed by atoms with E-state index in [0.717, 1.165) is 6.54 Å². The van der Waals surface area contributed by atoms with Crippen molar-refractivity contribution in [2.24, 2.45) is 0 Å². The molecular weight excluding hydrogens is 194 g/mol. The Morgan fingerprint density at radius 3 is 2.44 bits per heavy atom. The summed E-state index contributed by atoms with van der Waals surface area (Å²) in [5.74, 6) is 3.17. The number of rotatable bonds is 3. The van der Waals surface area contributed by atoms with Crippen molar-refractivity contribution in [1.82, 2.24) is 4.90 Å². The molecular formula is C15H19N. The average molecular weight is 213 g/mol. The van der Waals surface area contributed by atoms with Gasteiger partial charge in [0.05, 0.1) is 5.92 Å². The molecule has 16 heavy (non-hydrogen) atoms. The lowest BCUT2D eigenvalue weighted by Gasteiger charge is -2.28. The standard InChI is InChI=1S/C15H19N/c1-2-14(15-9-5-3-6-10-15)13-16-11-7-4-8-12-16/h1,3,5-6,9-10,14H,4,7-8,11-13H2.